The summed E-state index contributed by atoms with van der Waals surface area (Å²) in [5.41, 5.74) is 1.44. The lowest BCUT2D eigenvalue weighted by molar-refractivity contribution is 0.0601. The number of esters is 1. The Kier molecular flexibility index (Phi) is 4.97. The molecular formula is C19H26O3Si. The molecule has 3 nitrogen and oxygen atoms in total. The fourth-order valence-electron chi connectivity index (χ4n) is 2.35. The van der Waals surface area contributed by atoms with Crippen LogP contribution in [0.5, 0.6) is 0 Å². The largest absolute Gasteiger partial charge is 0.465 e. The molecule has 124 valence electrons. The second kappa shape index (κ2) is 6.46. The third-order valence-electron chi connectivity index (χ3n) is 3.82. The van der Waals surface area contributed by atoms with Crippen molar-refractivity contribution in [3.05, 3.63) is 47.5 Å². The Labute approximate surface area is 140 Å². The minimum absolute atomic E-state index is 0.267. The van der Waals surface area contributed by atoms with Gasteiger partial charge in [-0.25, -0.2) is 4.79 Å². The van der Waals surface area contributed by atoms with Crippen LogP contribution < -0.4 is 0 Å². The van der Waals surface area contributed by atoms with Crippen molar-refractivity contribution in [2.45, 2.75) is 45.3 Å². The molecule has 2 rings (SSSR count). The Morgan fingerprint density at radius 3 is 2.17 bits per heavy atom. The molecule has 0 saturated carbocycles. The van der Waals surface area contributed by atoms with Crippen LogP contribution in [0.15, 0.2) is 36.4 Å². The summed E-state index contributed by atoms with van der Waals surface area (Å²) in [4.78, 5) is 11.6. The minimum atomic E-state index is -0.631. The molecule has 0 aromatic heterocycles. The zero-order valence-electron chi connectivity index (χ0n) is 14.9. The van der Waals surface area contributed by atoms with Gasteiger partial charge in [0.1, 0.15) is 0 Å². The average Bonchev–Trinajstić information content (AvgIpc) is 2.50. The van der Waals surface area contributed by atoms with Gasteiger partial charge in [-0.1, -0.05) is 39.0 Å². The van der Waals surface area contributed by atoms with E-state index >= 15 is 0 Å². The maximum absolute atomic E-state index is 11.6. The van der Waals surface area contributed by atoms with Gasteiger partial charge in [-0.3, -0.25) is 0 Å². The predicted molar refractivity (Wildman–Crippen MR) is 97.7 cm³/mol. The fourth-order valence-corrected chi connectivity index (χ4v) is 3.31. The summed E-state index contributed by atoms with van der Waals surface area (Å²) in [6, 6.07) is 11.9. The highest BCUT2D eigenvalue weighted by Crippen LogP contribution is 2.31. The number of carbonyl (C=O) groups excluding carboxylic acids is 1. The molecule has 0 aliphatic heterocycles. The molecule has 0 amide bonds. The molecule has 0 atom stereocenters. The predicted octanol–water partition coefficient (Wildman–Crippen LogP) is 4.18. The lowest BCUT2D eigenvalue weighted by Gasteiger charge is -2.30. The third kappa shape index (κ3) is 4.42. The SMILES string of the molecule is COC(=O)c1ccc2cc(C(C)(C)O[SiH2]C(C)(C)C)ccc2c1. The van der Waals surface area contributed by atoms with Gasteiger partial charge >= 0.3 is 5.97 Å². The number of benzene rings is 2. The molecule has 0 aliphatic carbocycles. The zero-order chi connectivity index (χ0) is 17.3. The molecule has 2 aromatic carbocycles. The average molecular weight is 330 g/mol. The molecule has 0 saturated heterocycles. The van der Waals surface area contributed by atoms with Gasteiger partial charge in [-0.2, -0.15) is 0 Å². The molecule has 0 N–H and O–H groups in total. The van der Waals surface area contributed by atoms with Gasteiger partial charge in [0, 0.05) is 0 Å². The van der Waals surface area contributed by atoms with E-state index in [1.54, 1.807) is 6.07 Å². The van der Waals surface area contributed by atoms with Crippen LogP contribution in [0.3, 0.4) is 0 Å². The molecule has 23 heavy (non-hydrogen) atoms. The van der Waals surface area contributed by atoms with Gasteiger partial charge in [0.05, 0.1) is 18.3 Å². The van der Waals surface area contributed by atoms with Crippen molar-refractivity contribution in [3.8, 4) is 0 Å². The van der Waals surface area contributed by atoms with Gasteiger partial charge in [0.15, 0.2) is 9.76 Å². The summed E-state index contributed by atoms with van der Waals surface area (Å²) in [7, 11) is 0.766. The second-order valence-corrected chi connectivity index (χ2v) is 10.3. The highest BCUT2D eigenvalue weighted by molar-refractivity contribution is 6.31. The molecule has 4 heteroatoms. The van der Waals surface area contributed by atoms with E-state index in [0.717, 1.165) is 16.3 Å². The molecule has 0 bridgehead atoms. The van der Waals surface area contributed by atoms with Crippen molar-refractivity contribution in [1.82, 2.24) is 0 Å². The van der Waals surface area contributed by atoms with Gasteiger partial charge in [-0.15, -0.1) is 0 Å². The van der Waals surface area contributed by atoms with Crippen LogP contribution in [0.2, 0.25) is 5.04 Å². The number of fused-ring (bicyclic) bond motifs is 1. The Morgan fingerprint density at radius 2 is 1.57 bits per heavy atom. The number of rotatable bonds is 4. The summed E-state index contributed by atoms with van der Waals surface area (Å²) < 4.78 is 11.0. The topological polar surface area (TPSA) is 35.5 Å². The van der Waals surface area contributed by atoms with Crippen molar-refractivity contribution >= 4 is 26.5 Å². The number of ether oxygens (including phenoxy) is 1. The van der Waals surface area contributed by atoms with E-state index in [9.17, 15) is 4.79 Å². The van der Waals surface area contributed by atoms with Gasteiger partial charge in [0.25, 0.3) is 0 Å². The number of methoxy groups -OCH3 is 1. The molecule has 0 aliphatic rings. The Morgan fingerprint density at radius 1 is 0.957 bits per heavy atom. The lowest BCUT2D eigenvalue weighted by atomic mass is 9.95. The molecular weight excluding hydrogens is 304 g/mol. The summed E-state index contributed by atoms with van der Waals surface area (Å²) in [6.07, 6.45) is 0. The first-order valence-electron chi connectivity index (χ1n) is 7.89. The Balaban J connectivity index is 2.31. The first-order chi connectivity index (χ1) is 10.6. The minimum Gasteiger partial charge on any atom is -0.465 e. The third-order valence-corrected chi connectivity index (χ3v) is 5.55. The summed E-state index contributed by atoms with van der Waals surface area (Å²) >= 11 is 0. The van der Waals surface area contributed by atoms with E-state index in [4.69, 9.17) is 9.16 Å². The number of hydrogen-bond donors (Lipinski definition) is 0. The van der Waals surface area contributed by atoms with Gasteiger partial charge in [0.2, 0.25) is 0 Å². The fraction of sp³-hybridized carbons (Fsp3) is 0.421. The second-order valence-electron chi connectivity index (χ2n) is 7.63. The van der Waals surface area contributed by atoms with Gasteiger partial charge < -0.3 is 9.16 Å². The monoisotopic (exact) mass is 330 g/mol. The van der Waals surface area contributed by atoms with Crippen molar-refractivity contribution in [2.75, 3.05) is 7.11 Å². The van der Waals surface area contributed by atoms with E-state index in [0.29, 0.717) is 5.56 Å². The standard InChI is InChI=1S/C19H26O3Si/c1-18(2,3)23-22-19(4,5)16-10-9-13-11-15(17(20)21-6)8-7-14(13)12-16/h7-12H,23H2,1-6H3. The van der Waals surface area contributed by atoms with Crippen LogP contribution >= 0.6 is 0 Å². The van der Waals surface area contributed by atoms with E-state index < -0.39 is 9.76 Å². The van der Waals surface area contributed by atoms with Crippen molar-refractivity contribution < 1.29 is 14.0 Å². The molecule has 0 fully saturated rings. The summed E-state index contributed by atoms with van der Waals surface area (Å²) in [6.45, 7) is 10.9. The molecule has 0 spiro atoms. The zero-order valence-corrected chi connectivity index (χ0v) is 16.3. The van der Waals surface area contributed by atoms with Crippen LogP contribution in [0.4, 0.5) is 0 Å². The highest BCUT2D eigenvalue weighted by Gasteiger charge is 2.24. The van der Waals surface area contributed by atoms with Crippen LogP contribution in [0.25, 0.3) is 10.8 Å². The van der Waals surface area contributed by atoms with E-state index in [1.807, 2.05) is 18.2 Å². The molecule has 2 aromatic rings. The van der Waals surface area contributed by atoms with E-state index in [-0.39, 0.29) is 16.6 Å². The van der Waals surface area contributed by atoms with E-state index in [2.05, 4.69) is 46.8 Å². The van der Waals surface area contributed by atoms with Crippen LogP contribution in [-0.4, -0.2) is 22.8 Å². The van der Waals surface area contributed by atoms with Crippen molar-refractivity contribution in [2.24, 2.45) is 0 Å². The summed E-state index contributed by atoms with van der Waals surface area (Å²) in [5.74, 6) is -0.309. The maximum atomic E-state index is 11.6. The Hall–Kier alpha value is -1.65. The van der Waals surface area contributed by atoms with E-state index in [1.165, 1.54) is 7.11 Å². The molecule has 0 heterocycles. The number of hydrogen-bond acceptors (Lipinski definition) is 3. The van der Waals surface area contributed by atoms with Crippen LogP contribution in [0.1, 0.15) is 50.5 Å². The quantitative estimate of drug-likeness (QED) is 0.623. The smallest absolute Gasteiger partial charge is 0.337 e. The van der Waals surface area contributed by atoms with Crippen LogP contribution in [0, 0.1) is 0 Å². The maximum Gasteiger partial charge on any atom is 0.337 e. The Bertz CT molecular complexity index is 714. The first-order valence-corrected chi connectivity index (χ1v) is 9.17. The van der Waals surface area contributed by atoms with Crippen LogP contribution in [-0.2, 0) is 14.8 Å². The van der Waals surface area contributed by atoms with Crippen molar-refractivity contribution in [1.29, 1.82) is 0 Å². The normalized spacial score (nSPS) is 13.0. The molecule has 0 radical (unpaired) electrons. The number of carbonyl (C=O) groups is 1. The lowest BCUT2D eigenvalue weighted by Crippen LogP contribution is -2.27. The highest BCUT2D eigenvalue weighted by atomic mass is 28.2. The summed E-state index contributed by atoms with van der Waals surface area (Å²) in [5, 5.41) is 2.40. The van der Waals surface area contributed by atoms with Crippen molar-refractivity contribution in [3.63, 3.8) is 0 Å². The molecule has 0 unspecified atom stereocenters. The van der Waals surface area contributed by atoms with Gasteiger partial charge in [-0.05, 0) is 53.4 Å². The first kappa shape index (κ1) is 17.7.